The Bertz CT molecular complexity index is 703. The van der Waals surface area contributed by atoms with Crippen LogP contribution < -0.4 is 5.32 Å². The van der Waals surface area contributed by atoms with Gasteiger partial charge in [-0.15, -0.1) is 0 Å². The fourth-order valence-corrected chi connectivity index (χ4v) is 4.06. The molecule has 2 N–H and O–H groups in total. The van der Waals surface area contributed by atoms with Gasteiger partial charge < -0.3 is 15.3 Å². The summed E-state index contributed by atoms with van der Waals surface area (Å²) < 4.78 is 0. The van der Waals surface area contributed by atoms with Crippen LogP contribution in [0.15, 0.2) is 24.3 Å². The fourth-order valence-electron chi connectivity index (χ4n) is 4.06. The highest BCUT2D eigenvalue weighted by Gasteiger charge is 2.33. The number of aliphatic carboxylic acids is 1. The number of likely N-dealkylation sites (tertiary alicyclic amines) is 1. The lowest BCUT2D eigenvalue weighted by molar-refractivity contribution is -0.144. The molecule has 1 heterocycles. The molecule has 1 aromatic rings. The Morgan fingerprint density at radius 1 is 1.31 bits per heavy atom. The molecular formula is C20H26N2O4. The van der Waals surface area contributed by atoms with Crippen LogP contribution in [0, 0.1) is 5.92 Å². The van der Waals surface area contributed by atoms with E-state index in [9.17, 15) is 19.5 Å². The van der Waals surface area contributed by atoms with Crippen molar-refractivity contribution in [2.45, 2.75) is 50.5 Å². The molecule has 0 aromatic heterocycles. The molecule has 6 heteroatoms. The first-order valence-electron chi connectivity index (χ1n) is 9.30. The van der Waals surface area contributed by atoms with Crippen LogP contribution in [0.2, 0.25) is 0 Å². The number of carboxylic acid groups (broad SMARTS) is 1. The molecule has 1 aliphatic heterocycles. The minimum atomic E-state index is -1.01. The van der Waals surface area contributed by atoms with E-state index in [0.717, 1.165) is 19.3 Å². The molecule has 26 heavy (non-hydrogen) atoms. The van der Waals surface area contributed by atoms with Crippen molar-refractivity contribution in [3.63, 3.8) is 0 Å². The Labute approximate surface area is 153 Å². The van der Waals surface area contributed by atoms with E-state index in [0.29, 0.717) is 19.4 Å². The van der Waals surface area contributed by atoms with E-state index < -0.39 is 17.9 Å². The van der Waals surface area contributed by atoms with E-state index in [1.165, 1.54) is 11.1 Å². The molecule has 0 radical (unpaired) electrons. The number of rotatable bonds is 5. The molecule has 3 atom stereocenters. The van der Waals surface area contributed by atoms with Crippen LogP contribution in [0.4, 0.5) is 0 Å². The number of fused-ring (bicyclic) bond motifs is 1. The van der Waals surface area contributed by atoms with Gasteiger partial charge in [0.15, 0.2) is 0 Å². The number of piperidine rings is 1. The standard InChI is InChI=1S/C20H26N2O4/c1-22-10-9-15(12-18(22)23)19(24)21-17(20(25)26)11-14-7-4-6-13-5-2-3-8-16(13)14/h2-3,5,8,14-15,17H,4,6-7,9-12H2,1H3,(H,21,24)(H,25,26). The second-order valence-electron chi connectivity index (χ2n) is 7.43. The average Bonchev–Trinajstić information content (AvgIpc) is 2.63. The van der Waals surface area contributed by atoms with E-state index in [-0.39, 0.29) is 24.2 Å². The van der Waals surface area contributed by atoms with Gasteiger partial charge >= 0.3 is 5.97 Å². The fraction of sp³-hybridized carbons (Fsp3) is 0.550. The van der Waals surface area contributed by atoms with Gasteiger partial charge in [-0.2, -0.15) is 0 Å². The zero-order valence-electron chi connectivity index (χ0n) is 15.1. The minimum Gasteiger partial charge on any atom is -0.480 e. The number of nitrogens with one attached hydrogen (secondary N) is 1. The summed E-state index contributed by atoms with van der Waals surface area (Å²) in [6.07, 6.45) is 4.11. The van der Waals surface area contributed by atoms with Crippen molar-refractivity contribution in [3.8, 4) is 0 Å². The lowest BCUT2D eigenvalue weighted by atomic mass is 9.79. The molecule has 3 unspecified atom stereocenters. The Balaban J connectivity index is 1.66. The summed E-state index contributed by atoms with van der Waals surface area (Å²) in [5.41, 5.74) is 2.48. The minimum absolute atomic E-state index is 0.0653. The molecule has 1 aliphatic carbocycles. The number of amides is 2. The quantitative estimate of drug-likeness (QED) is 0.842. The maximum absolute atomic E-state index is 12.5. The first kappa shape index (κ1) is 18.4. The molecule has 1 fully saturated rings. The summed E-state index contributed by atoms with van der Waals surface area (Å²) >= 11 is 0. The van der Waals surface area contributed by atoms with E-state index in [1.807, 2.05) is 12.1 Å². The van der Waals surface area contributed by atoms with Crippen LogP contribution >= 0.6 is 0 Å². The SMILES string of the molecule is CN1CCC(C(=O)NC(CC2CCCc3ccccc32)C(=O)O)CC1=O. The lowest BCUT2D eigenvalue weighted by Crippen LogP contribution is -2.48. The smallest absolute Gasteiger partial charge is 0.326 e. The highest BCUT2D eigenvalue weighted by molar-refractivity contribution is 5.89. The summed E-state index contributed by atoms with van der Waals surface area (Å²) in [5.74, 6) is -1.69. The molecule has 1 saturated heterocycles. The van der Waals surface area contributed by atoms with Crippen LogP contribution in [-0.2, 0) is 20.8 Å². The average molecular weight is 358 g/mol. The van der Waals surface area contributed by atoms with Gasteiger partial charge in [-0.3, -0.25) is 9.59 Å². The summed E-state index contributed by atoms with van der Waals surface area (Å²) in [4.78, 5) is 37.7. The molecule has 2 aliphatic rings. The van der Waals surface area contributed by atoms with Crippen molar-refractivity contribution < 1.29 is 19.5 Å². The third-order valence-corrected chi connectivity index (χ3v) is 5.66. The number of nitrogens with zero attached hydrogens (tertiary/aromatic N) is 1. The van der Waals surface area contributed by atoms with E-state index in [2.05, 4.69) is 17.4 Å². The Morgan fingerprint density at radius 2 is 2.08 bits per heavy atom. The number of hydrogen-bond acceptors (Lipinski definition) is 3. The van der Waals surface area contributed by atoms with Crippen molar-refractivity contribution >= 4 is 17.8 Å². The van der Waals surface area contributed by atoms with Crippen LogP contribution in [0.5, 0.6) is 0 Å². The van der Waals surface area contributed by atoms with E-state index in [1.54, 1.807) is 11.9 Å². The summed E-state index contributed by atoms with van der Waals surface area (Å²) in [6.45, 7) is 0.532. The third-order valence-electron chi connectivity index (χ3n) is 5.66. The second-order valence-corrected chi connectivity index (χ2v) is 7.43. The predicted molar refractivity (Wildman–Crippen MR) is 96.7 cm³/mol. The topological polar surface area (TPSA) is 86.7 Å². The Morgan fingerprint density at radius 3 is 2.81 bits per heavy atom. The summed E-state index contributed by atoms with van der Waals surface area (Å²) in [6, 6.07) is 7.23. The molecule has 1 aromatic carbocycles. The zero-order chi connectivity index (χ0) is 18.7. The highest BCUT2D eigenvalue weighted by atomic mass is 16.4. The molecule has 6 nitrogen and oxygen atoms in total. The Kier molecular flexibility index (Phi) is 5.59. The van der Waals surface area contributed by atoms with Gasteiger partial charge in [0.05, 0.1) is 0 Å². The largest absolute Gasteiger partial charge is 0.480 e. The van der Waals surface area contributed by atoms with Crippen LogP contribution in [0.25, 0.3) is 0 Å². The van der Waals surface area contributed by atoms with Gasteiger partial charge in [0.1, 0.15) is 6.04 Å². The van der Waals surface area contributed by atoms with Gasteiger partial charge in [0.25, 0.3) is 0 Å². The predicted octanol–water partition coefficient (Wildman–Crippen LogP) is 1.93. The number of hydrogen-bond donors (Lipinski definition) is 2. The molecule has 0 spiro atoms. The third kappa shape index (κ3) is 4.06. The molecule has 0 bridgehead atoms. The number of carbonyl (C=O) groups excluding carboxylic acids is 2. The molecule has 140 valence electrons. The molecule has 2 amide bonds. The van der Waals surface area contributed by atoms with Gasteiger partial charge in [-0.1, -0.05) is 24.3 Å². The van der Waals surface area contributed by atoms with Crippen LogP contribution in [0.3, 0.4) is 0 Å². The van der Waals surface area contributed by atoms with Gasteiger partial charge in [-0.05, 0) is 49.1 Å². The first-order valence-corrected chi connectivity index (χ1v) is 9.30. The van der Waals surface area contributed by atoms with Crippen molar-refractivity contribution in [3.05, 3.63) is 35.4 Å². The second kappa shape index (κ2) is 7.89. The maximum Gasteiger partial charge on any atom is 0.326 e. The van der Waals surface area contributed by atoms with E-state index >= 15 is 0 Å². The van der Waals surface area contributed by atoms with E-state index in [4.69, 9.17) is 0 Å². The molecule has 0 saturated carbocycles. The van der Waals surface area contributed by atoms with Crippen molar-refractivity contribution in [2.75, 3.05) is 13.6 Å². The van der Waals surface area contributed by atoms with Crippen molar-refractivity contribution in [2.24, 2.45) is 5.92 Å². The van der Waals surface area contributed by atoms with Crippen molar-refractivity contribution in [1.82, 2.24) is 10.2 Å². The lowest BCUT2D eigenvalue weighted by Gasteiger charge is -2.30. The number of aryl methyl sites for hydroxylation is 1. The zero-order valence-corrected chi connectivity index (χ0v) is 15.1. The first-order chi connectivity index (χ1) is 12.5. The maximum atomic E-state index is 12.5. The van der Waals surface area contributed by atoms with Gasteiger partial charge in [0, 0.05) is 25.9 Å². The number of carbonyl (C=O) groups is 3. The van der Waals surface area contributed by atoms with Gasteiger partial charge in [0.2, 0.25) is 11.8 Å². The van der Waals surface area contributed by atoms with Gasteiger partial charge in [-0.25, -0.2) is 4.79 Å². The van der Waals surface area contributed by atoms with Crippen LogP contribution in [-0.4, -0.2) is 47.4 Å². The van der Waals surface area contributed by atoms with Crippen LogP contribution in [0.1, 0.15) is 49.1 Å². The summed E-state index contributed by atoms with van der Waals surface area (Å²) in [5, 5.41) is 12.3. The molecular weight excluding hydrogens is 332 g/mol. The summed E-state index contributed by atoms with van der Waals surface area (Å²) in [7, 11) is 1.72. The monoisotopic (exact) mass is 358 g/mol. The Hall–Kier alpha value is -2.37. The number of benzene rings is 1. The highest BCUT2D eigenvalue weighted by Crippen LogP contribution is 2.34. The molecule has 3 rings (SSSR count). The normalized spacial score (nSPS) is 23.9. The van der Waals surface area contributed by atoms with Crippen molar-refractivity contribution in [1.29, 1.82) is 0 Å². The number of carboxylic acids is 1.